The molecule has 0 aliphatic heterocycles. The van der Waals surface area contributed by atoms with Crippen molar-refractivity contribution in [1.29, 1.82) is 0 Å². The first-order valence-electron chi connectivity index (χ1n) is 7.86. The number of nitrogens with one attached hydrogen (secondary N) is 1. The Bertz CT molecular complexity index is 881. The number of amides is 1. The lowest BCUT2D eigenvalue weighted by molar-refractivity contribution is -0.118. The average Bonchev–Trinajstić information content (AvgIpc) is 2.63. The summed E-state index contributed by atoms with van der Waals surface area (Å²) in [5.74, 6) is 1.01. The van der Waals surface area contributed by atoms with E-state index in [4.69, 9.17) is 21.1 Å². The molecular formula is C19H17ClN2O3. The largest absolute Gasteiger partial charge is 0.494 e. The summed E-state index contributed by atoms with van der Waals surface area (Å²) in [5, 5.41) is 4.15. The summed E-state index contributed by atoms with van der Waals surface area (Å²) >= 11 is 6.15. The Kier molecular flexibility index (Phi) is 5.36. The smallest absolute Gasteiger partial charge is 0.262 e. The van der Waals surface area contributed by atoms with Crippen LogP contribution in [0.25, 0.3) is 10.9 Å². The maximum absolute atomic E-state index is 12.1. The molecule has 0 radical (unpaired) electrons. The molecule has 5 nitrogen and oxygen atoms in total. The zero-order valence-electron chi connectivity index (χ0n) is 13.7. The van der Waals surface area contributed by atoms with Crippen LogP contribution in [0.1, 0.15) is 6.92 Å². The van der Waals surface area contributed by atoms with E-state index in [0.717, 1.165) is 11.1 Å². The van der Waals surface area contributed by atoms with Crippen molar-refractivity contribution in [3.63, 3.8) is 0 Å². The van der Waals surface area contributed by atoms with Gasteiger partial charge in [-0.15, -0.1) is 0 Å². The fourth-order valence-corrected chi connectivity index (χ4v) is 2.59. The number of hydrogen-bond donors (Lipinski definition) is 1. The van der Waals surface area contributed by atoms with Crippen LogP contribution in [0.5, 0.6) is 11.5 Å². The molecule has 1 heterocycles. The highest BCUT2D eigenvalue weighted by atomic mass is 35.5. The van der Waals surface area contributed by atoms with Crippen LogP contribution in [0, 0.1) is 0 Å². The molecule has 128 valence electrons. The van der Waals surface area contributed by atoms with Crippen LogP contribution in [0.3, 0.4) is 0 Å². The van der Waals surface area contributed by atoms with Crippen LogP contribution in [0.2, 0.25) is 5.02 Å². The van der Waals surface area contributed by atoms with E-state index >= 15 is 0 Å². The van der Waals surface area contributed by atoms with Gasteiger partial charge in [-0.3, -0.25) is 9.78 Å². The Balaban J connectivity index is 1.64. The van der Waals surface area contributed by atoms with Gasteiger partial charge in [0.15, 0.2) is 6.61 Å². The summed E-state index contributed by atoms with van der Waals surface area (Å²) in [6, 6.07) is 14.3. The number of halogens is 1. The molecule has 1 N–H and O–H groups in total. The summed E-state index contributed by atoms with van der Waals surface area (Å²) in [6.07, 6.45) is 1.66. The van der Waals surface area contributed by atoms with Gasteiger partial charge in [-0.25, -0.2) is 0 Å². The lowest BCUT2D eigenvalue weighted by atomic mass is 10.2. The van der Waals surface area contributed by atoms with Gasteiger partial charge in [-0.05, 0) is 55.5 Å². The van der Waals surface area contributed by atoms with Crippen molar-refractivity contribution in [2.75, 3.05) is 18.5 Å². The lowest BCUT2D eigenvalue weighted by Gasteiger charge is -2.10. The predicted molar refractivity (Wildman–Crippen MR) is 98.5 cm³/mol. The molecule has 3 aromatic rings. The highest BCUT2D eigenvalue weighted by molar-refractivity contribution is 6.35. The quantitative estimate of drug-likeness (QED) is 0.715. The normalized spacial score (nSPS) is 10.5. The van der Waals surface area contributed by atoms with Crippen LogP contribution < -0.4 is 14.8 Å². The third-order valence-corrected chi connectivity index (χ3v) is 3.82. The summed E-state index contributed by atoms with van der Waals surface area (Å²) < 4.78 is 11.0. The Labute approximate surface area is 150 Å². The standard InChI is InChI=1S/C19H17ClN2O3/c1-2-24-14-7-5-13(6-8-14)22-18(23)12-25-17-10-9-16(20)15-4-3-11-21-19(15)17/h3-11H,2,12H2,1H3,(H,22,23). The van der Waals surface area contributed by atoms with Crippen molar-refractivity contribution in [2.24, 2.45) is 0 Å². The number of anilines is 1. The number of carbonyl (C=O) groups excluding carboxylic acids is 1. The maximum Gasteiger partial charge on any atom is 0.262 e. The van der Waals surface area contributed by atoms with Gasteiger partial charge in [0, 0.05) is 17.3 Å². The predicted octanol–water partition coefficient (Wildman–Crippen LogP) is 4.30. The van der Waals surface area contributed by atoms with Crippen molar-refractivity contribution in [1.82, 2.24) is 4.98 Å². The van der Waals surface area contributed by atoms with Gasteiger partial charge in [0.05, 0.1) is 11.6 Å². The number of rotatable bonds is 6. The Hall–Kier alpha value is -2.79. The molecule has 0 aliphatic carbocycles. The molecule has 0 aliphatic rings. The van der Waals surface area contributed by atoms with Crippen molar-refractivity contribution in [3.8, 4) is 11.5 Å². The minimum absolute atomic E-state index is 0.124. The number of hydrogen-bond acceptors (Lipinski definition) is 4. The molecule has 1 aromatic heterocycles. The van der Waals surface area contributed by atoms with E-state index in [1.165, 1.54) is 0 Å². The maximum atomic E-state index is 12.1. The minimum atomic E-state index is -0.261. The molecule has 3 rings (SSSR count). The van der Waals surface area contributed by atoms with Gasteiger partial charge in [-0.1, -0.05) is 11.6 Å². The van der Waals surface area contributed by atoms with Gasteiger partial charge in [0.25, 0.3) is 5.91 Å². The summed E-state index contributed by atoms with van der Waals surface area (Å²) in [7, 11) is 0. The monoisotopic (exact) mass is 356 g/mol. The van der Waals surface area contributed by atoms with Gasteiger partial charge in [0.2, 0.25) is 0 Å². The molecule has 0 unspecified atom stereocenters. The van der Waals surface area contributed by atoms with E-state index in [-0.39, 0.29) is 12.5 Å². The van der Waals surface area contributed by atoms with Crippen molar-refractivity contribution in [3.05, 3.63) is 59.8 Å². The minimum Gasteiger partial charge on any atom is -0.494 e. The van der Waals surface area contributed by atoms with Crippen molar-refractivity contribution < 1.29 is 14.3 Å². The third-order valence-electron chi connectivity index (χ3n) is 3.49. The highest BCUT2D eigenvalue weighted by Crippen LogP contribution is 2.29. The van der Waals surface area contributed by atoms with E-state index in [2.05, 4.69) is 10.3 Å². The van der Waals surface area contributed by atoms with Gasteiger partial charge >= 0.3 is 0 Å². The molecule has 0 bridgehead atoms. The van der Waals surface area contributed by atoms with Crippen molar-refractivity contribution >= 4 is 34.1 Å². The molecule has 2 aromatic carbocycles. The van der Waals surface area contributed by atoms with Gasteiger partial charge < -0.3 is 14.8 Å². The number of fused-ring (bicyclic) bond motifs is 1. The highest BCUT2D eigenvalue weighted by Gasteiger charge is 2.09. The number of aromatic nitrogens is 1. The fraction of sp³-hybridized carbons (Fsp3) is 0.158. The van der Waals surface area contributed by atoms with E-state index in [0.29, 0.717) is 28.6 Å². The van der Waals surface area contributed by atoms with E-state index in [1.807, 2.05) is 13.0 Å². The van der Waals surface area contributed by atoms with Crippen molar-refractivity contribution in [2.45, 2.75) is 6.92 Å². The molecule has 25 heavy (non-hydrogen) atoms. The third kappa shape index (κ3) is 4.19. The first kappa shape index (κ1) is 17.0. The molecular weight excluding hydrogens is 340 g/mol. The second-order valence-corrected chi connectivity index (χ2v) is 5.65. The average molecular weight is 357 g/mol. The van der Waals surface area contributed by atoms with Gasteiger partial charge in [-0.2, -0.15) is 0 Å². The topological polar surface area (TPSA) is 60.5 Å². The Morgan fingerprint density at radius 2 is 1.92 bits per heavy atom. The zero-order chi connectivity index (χ0) is 17.6. The van der Waals surface area contributed by atoms with E-state index in [1.54, 1.807) is 48.7 Å². The van der Waals surface area contributed by atoms with E-state index in [9.17, 15) is 4.79 Å². The number of ether oxygens (including phenoxy) is 2. The van der Waals surface area contributed by atoms with Crippen LogP contribution in [-0.2, 0) is 4.79 Å². The summed E-state index contributed by atoms with van der Waals surface area (Å²) in [6.45, 7) is 2.39. The second-order valence-electron chi connectivity index (χ2n) is 5.24. The molecule has 1 amide bonds. The molecule has 0 saturated carbocycles. The van der Waals surface area contributed by atoms with Crippen LogP contribution in [0.4, 0.5) is 5.69 Å². The van der Waals surface area contributed by atoms with Gasteiger partial charge in [0.1, 0.15) is 17.0 Å². The van der Waals surface area contributed by atoms with Crippen LogP contribution in [-0.4, -0.2) is 24.1 Å². The van der Waals surface area contributed by atoms with Crippen LogP contribution >= 0.6 is 11.6 Å². The Morgan fingerprint density at radius 3 is 2.68 bits per heavy atom. The molecule has 0 fully saturated rings. The summed E-state index contributed by atoms with van der Waals surface area (Å²) in [4.78, 5) is 16.4. The first-order valence-corrected chi connectivity index (χ1v) is 8.24. The fourth-order valence-electron chi connectivity index (χ4n) is 2.37. The van der Waals surface area contributed by atoms with E-state index < -0.39 is 0 Å². The number of carbonyl (C=O) groups is 1. The zero-order valence-corrected chi connectivity index (χ0v) is 14.4. The molecule has 0 atom stereocenters. The Morgan fingerprint density at radius 1 is 1.12 bits per heavy atom. The summed E-state index contributed by atoms with van der Waals surface area (Å²) in [5.41, 5.74) is 1.31. The first-order chi connectivity index (χ1) is 12.2. The number of benzene rings is 2. The lowest BCUT2D eigenvalue weighted by Crippen LogP contribution is -2.20. The molecule has 6 heteroatoms. The molecule has 0 saturated heterocycles. The van der Waals surface area contributed by atoms with Crippen LogP contribution in [0.15, 0.2) is 54.7 Å². The number of pyridine rings is 1. The second kappa shape index (κ2) is 7.85. The molecule has 0 spiro atoms. The SMILES string of the molecule is CCOc1ccc(NC(=O)COc2ccc(Cl)c3cccnc23)cc1. The number of nitrogens with zero attached hydrogens (tertiary/aromatic N) is 1.